The first-order chi connectivity index (χ1) is 23.6. The minimum atomic E-state index is -1.36. The van der Waals surface area contributed by atoms with Crippen molar-refractivity contribution < 1.29 is 33.3 Å². The molecular formula is C33H31FN6O8S. The molecule has 2 fully saturated rings. The third-order valence-corrected chi connectivity index (χ3v) is 9.38. The van der Waals surface area contributed by atoms with E-state index in [1.54, 1.807) is 32.6 Å². The summed E-state index contributed by atoms with van der Waals surface area (Å²) >= 11 is 1.01. The lowest BCUT2D eigenvalue weighted by Gasteiger charge is -2.36. The van der Waals surface area contributed by atoms with E-state index in [1.165, 1.54) is 27.5 Å². The minimum absolute atomic E-state index is 0.0155. The molecule has 2 aliphatic rings. The second-order valence-electron chi connectivity index (χ2n) is 11.4. The molecule has 0 unspecified atom stereocenters. The number of anilines is 1. The quantitative estimate of drug-likeness (QED) is 0.184. The van der Waals surface area contributed by atoms with Crippen LogP contribution in [0.25, 0.3) is 22.2 Å². The molecule has 0 radical (unpaired) electrons. The Balaban J connectivity index is 1.17. The topological polar surface area (TPSA) is 180 Å². The molecule has 14 nitrogen and oxygen atoms in total. The SMILES string of the molecule is COc1cc(-c2nc(SCC(=O)N3CCN(c4cc5c(cc4F)c(=O)c(C(=O)O)cn5C4CC4)CC3)[nH]c(=O)c2C#N)cc(OC)c1OC. The molecule has 3 heterocycles. The molecular weight excluding hydrogens is 659 g/mol. The summed E-state index contributed by atoms with van der Waals surface area (Å²) in [5.74, 6) is -1.36. The second kappa shape index (κ2) is 13.5. The van der Waals surface area contributed by atoms with Crippen LogP contribution in [-0.2, 0) is 4.79 Å². The number of carboxylic acids is 1. The highest BCUT2D eigenvalue weighted by atomic mass is 32.2. The van der Waals surface area contributed by atoms with Crippen LogP contribution in [0, 0.1) is 17.1 Å². The Labute approximate surface area is 282 Å². The fourth-order valence-electron chi connectivity index (χ4n) is 5.88. The number of piperazine rings is 1. The molecule has 254 valence electrons. The van der Waals surface area contributed by atoms with E-state index in [4.69, 9.17) is 14.2 Å². The van der Waals surface area contributed by atoms with E-state index in [0.29, 0.717) is 41.4 Å². The highest BCUT2D eigenvalue weighted by molar-refractivity contribution is 7.99. The van der Waals surface area contributed by atoms with Gasteiger partial charge in [-0.15, -0.1) is 0 Å². The van der Waals surface area contributed by atoms with Gasteiger partial charge in [0.25, 0.3) is 5.56 Å². The van der Waals surface area contributed by atoms with Crippen LogP contribution < -0.4 is 30.1 Å². The fourth-order valence-corrected chi connectivity index (χ4v) is 6.64. The van der Waals surface area contributed by atoms with Gasteiger partial charge in [0.05, 0.1) is 44.0 Å². The summed E-state index contributed by atoms with van der Waals surface area (Å²) in [6.45, 7) is 1.21. The lowest BCUT2D eigenvalue weighted by atomic mass is 10.1. The van der Waals surface area contributed by atoms with Crippen molar-refractivity contribution in [3.05, 3.63) is 68.0 Å². The maximum absolute atomic E-state index is 15.4. The van der Waals surface area contributed by atoms with Gasteiger partial charge in [0.2, 0.25) is 17.1 Å². The number of methoxy groups -OCH3 is 3. The van der Waals surface area contributed by atoms with Crippen LogP contribution in [0.2, 0.25) is 0 Å². The second-order valence-corrected chi connectivity index (χ2v) is 12.4. The van der Waals surface area contributed by atoms with E-state index < -0.39 is 28.3 Å². The Kier molecular flexibility index (Phi) is 9.20. The first-order valence-electron chi connectivity index (χ1n) is 15.2. The molecule has 1 aliphatic heterocycles. The number of nitriles is 1. The van der Waals surface area contributed by atoms with Gasteiger partial charge >= 0.3 is 5.97 Å². The van der Waals surface area contributed by atoms with Gasteiger partial charge in [-0.05, 0) is 37.1 Å². The number of carbonyl (C=O) groups excluding carboxylic acids is 1. The van der Waals surface area contributed by atoms with Crippen LogP contribution in [0.15, 0.2) is 45.2 Å². The minimum Gasteiger partial charge on any atom is -0.493 e. The van der Waals surface area contributed by atoms with E-state index in [-0.39, 0.29) is 58.3 Å². The number of fused-ring (bicyclic) bond motifs is 1. The van der Waals surface area contributed by atoms with E-state index >= 15 is 4.39 Å². The molecule has 2 N–H and O–H groups in total. The maximum Gasteiger partial charge on any atom is 0.341 e. The number of aromatic amines is 1. The summed E-state index contributed by atoms with van der Waals surface area (Å²) in [6.07, 6.45) is 3.01. The molecule has 1 amide bonds. The highest BCUT2D eigenvalue weighted by Crippen LogP contribution is 2.41. The third kappa shape index (κ3) is 6.36. The summed E-state index contributed by atoms with van der Waals surface area (Å²) in [5, 5.41) is 19.4. The molecule has 0 spiro atoms. The third-order valence-electron chi connectivity index (χ3n) is 8.52. The van der Waals surface area contributed by atoms with E-state index in [2.05, 4.69) is 9.97 Å². The standard InChI is InChI=1S/C33H31FN6O8S/c1-46-25-10-17(11-26(47-2)30(25)48-3)28-20(14-35)31(43)37-33(36-28)49-16-27(41)39-8-6-38(7-9-39)24-13-23-19(12-22(24)34)29(42)21(32(44)45)15-40(23)18-4-5-18/h10-13,15,18H,4-9,16H2,1-3H3,(H,44,45)(H,36,37,43). The van der Waals surface area contributed by atoms with Gasteiger partial charge in [-0.2, -0.15) is 5.26 Å². The van der Waals surface area contributed by atoms with Crippen LogP contribution >= 0.6 is 11.8 Å². The van der Waals surface area contributed by atoms with Crippen molar-refractivity contribution in [1.29, 1.82) is 5.26 Å². The van der Waals surface area contributed by atoms with Gasteiger partial charge in [-0.3, -0.25) is 14.4 Å². The van der Waals surface area contributed by atoms with Crippen LogP contribution in [-0.4, -0.2) is 89.7 Å². The molecule has 0 atom stereocenters. The number of benzene rings is 2. The van der Waals surface area contributed by atoms with Gasteiger partial charge in [-0.1, -0.05) is 11.8 Å². The van der Waals surface area contributed by atoms with Gasteiger partial charge in [-0.25, -0.2) is 14.2 Å². The Bertz CT molecular complexity index is 2130. The largest absolute Gasteiger partial charge is 0.493 e. The summed E-state index contributed by atoms with van der Waals surface area (Å²) in [5.41, 5.74) is -0.826. The first kappa shape index (κ1) is 33.3. The molecule has 1 saturated carbocycles. The summed E-state index contributed by atoms with van der Waals surface area (Å²) in [7, 11) is 4.33. The zero-order chi connectivity index (χ0) is 35.0. The van der Waals surface area contributed by atoms with Crippen molar-refractivity contribution in [2.45, 2.75) is 24.0 Å². The Hall–Kier alpha value is -5.56. The van der Waals surface area contributed by atoms with Crippen molar-refractivity contribution in [2.24, 2.45) is 0 Å². The molecule has 2 aromatic carbocycles. The Morgan fingerprint density at radius 1 is 1.06 bits per heavy atom. The number of nitrogens with zero attached hydrogens (tertiary/aromatic N) is 5. The molecule has 1 saturated heterocycles. The highest BCUT2D eigenvalue weighted by Gasteiger charge is 2.29. The van der Waals surface area contributed by atoms with Crippen LogP contribution in [0.5, 0.6) is 17.2 Å². The average Bonchev–Trinajstić information content (AvgIpc) is 3.95. The number of thioether (sulfide) groups is 1. The number of aromatic carboxylic acids is 1. The number of hydrogen-bond acceptors (Lipinski definition) is 11. The zero-order valence-corrected chi connectivity index (χ0v) is 27.6. The molecule has 16 heteroatoms. The van der Waals surface area contributed by atoms with Crippen molar-refractivity contribution in [1.82, 2.24) is 19.4 Å². The number of rotatable bonds is 10. The van der Waals surface area contributed by atoms with Crippen LogP contribution in [0.3, 0.4) is 0 Å². The number of carbonyl (C=O) groups is 2. The van der Waals surface area contributed by atoms with Crippen molar-refractivity contribution in [2.75, 3.05) is 58.2 Å². The lowest BCUT2D eigenvalue weighted by Crippen LogP contribution is -2.49. The number of nitrogens with one attached hydrogen (secondary N) is 1. The van der Waals surface area contributed by atoms with Gasteiger partial charge in [0, 0.05) is 49.4 Å². The van der Waals surface area contributed by atoms with Crippen molar-refractivity contribution in [3.63, 3.8) is 0 Å². The van der Waals surface area contributed by atoms with Gasteiger partial charge in [0.15, 0.2) is 16.7 Å². The number of carboxylic acid groups (broad SMARTS) is 1. The molecule has 4 aromatic rings. The summed E-state index contributed by atoms with van der Waals surface area (Å²) in [4.78, 5) is 61.0. The summed E-state index contributed by atoms with van der Waals surface area (Å²) in [6, 6.07) is 7.76. The maximum atomic E-state index is 15.4. The number of pyridine rings is 1. The number of halogens is 1. The Morgan fingerprint density at radius 2 is 1.73 bits per heavy atom. The van der Waals surface area contributed by atoms with E-state index in [1.807, 2.05) is 6.07 Å². The molecule has 0 bridgehead atoms. The number of hydrogen-bond donors (Lipinski definition) is 2. The van der Waals surface area contributed by atoms with E-state index in [9.17, 15) is 29.5 Å². The van der Waals surface area contributed by atoms with Crippen LogP contribution in [0.1, 0.15) is 34.8 Å². The number of H-pyrrole nitrogens is 1. The predicted octanol–water partition coefficient (Wildman–Crippen LogP) is 3.26. The van der Waals surface area contributed by atoms with Crippen molar-refractivity contribution in [3.8, 4) is 34.6 Å². The Morgan fingerprint density at radius 3 is 2.31 bits per heavy atom. The van der Waals surface area contributed by atoms with E-state index in [0.717, 1.165) is 30.7 Å². The fraction of sp³-hybridized carbons (Fsp3) is 0.333. The lowest BCUT2D eigenvalue weighted by molar-refractivity contribution is -0.128. The molecule has 2 aromatic heterocycles. The van der Waals surface area contributed by atoms with Gasteiger partial charge < -0.3 is 38.7 Å². The first-order valence-corrected chi connectivity index (χ1v) is 16.2. The zero-order valence-electron chi connectivity index (χ0n) is 26.7. The number of aromatic nitrogens is 3. The number of ether oxygens (including phenoxy) is 3. The average molecular weight is 691 g/mol. The monoisotopic (exact) mass is 690 g/mol. The molecule has 1 aliphatic carbocycles. The predicted molar refractivity (Wildman–Crippen MR) is 178 cm³/mol. The molecule has 6 rings (SSSR count). The summed E-state index contributed by atoms with van der Waals surface area (Å²) < 4.78 is 33.3. The van der Waals surface area contributed by atoms with Gasteiger partial charge in [0.1, 0.15) is 23.0 Å². The van der Waals surface area contributed by atoms with Crippen LogP contribution in [0.4, 0.5) is 10.1 Å². The van der Waals surface area contributed by atoms with Crippen molar-refractivity contribution >= 4 is 40.2 Å². The number of amides is 1. The smallest absolute Gasteiger partial charge is 0.341 e. The normalized spacial score (nSPS) is 14.4. The molecule has 49 heavy (non-hydrogen) atoms.